The first-order valence-corrected chi connectivity index (χ1v) is 11.3. The Hall–Kier alpha value is -2.90. The highest BCUT2D eigenvalue weighted by Gasteiger charge is 2.36. The second-order valence-corrected chi connectivity index (χ2v) is 8.41. The SMILES string of the molecule is CCC1=C(C(=O)OC(C)C)C(c2cccc(OC)c2OCc2c(Cl)cccc2Cl)NC(=O)N1. The Morgan fingerprint density at radius 3 is 2.39 bits per heavy atom. The minimum absolute atomic E-state index is 0.0565. The van der Waals surface area contributed by atoms with E-state index in [0.29, 0.717) is 50.4 Å². The molecule has 2 N–H and O–H groups in total. The van der Waals surface area contributed by atoms with Crippen LogP contribution in [0.2, 0.25) is 10.0 Å². The van der Waals surface area contributed by atoms with Gasteiger partial charge in [0.15, 0.2) is 11.5 Å². The molecule has 33 heavy (non-hydrogen) atoms. The van der Waals surface area contributed by atoms with Gasteiger partial charge in [0.05, 0.1) is 24.8 Å². The summed E-state index contributed by atoms with van der Waals surface area (Å²) in [4.78, 5) is 25.4. The lowest BCUT2D eigenvalue weighted by atomic mass is 9.93. The molecule has 3 rings (SSSR count). The average molecular weight is 493 g/mol. The van der Waals surface area contributed by atoms with Crippen LogP contribution in [0.1, 0.15) is 44.4 Å². The van der Waals surface area contributed by atoms with Crippen LogP contribution in [-0.2, 0) is 16.1 Å². The van der Waals surface area contributed by atoms with Crippen molar-refractivity contribution in [3.8, 4) is 11.5 Å². The normalized spacial score (nSPS) is 15.7. The standard InChI is InChI=1S/C24H26Cl2N2O5/c1-5-18-20(23(29)33-13(2)3)21(28-24(30)27-18)14-8-6-11-19(31-4)22(14)32-12-15-16(25)9-7-10-17(15)26/h6-11,13,21H,5,12H2,1-4H3,(H2,27,28,30). The zero-order chi connectivity index (χ0) is 24.1. The summed E-state index contributed by atoms with van der Waals surface area (Å²) < 4.78 is 17.1. The fourth-order valence-corrected chi connectivity index (χ4v) is 4.05. The van der Waals surface area contributed by atoms with E-state index in [0.717, 1.165) is 0 Å². The maximum atomic E-state index is 13.0. The summed E-state index contributed by atoms with van der Waals surface area (Å²) in [5, 5.41) is 6.45. The maximum Gasteiger partial charge on any atom is 0.338 e. The second kappa shape index (κ2) is 10.8. The Kier molecular flexibility index (Phi) is 8.10. The number of halogens is 2. The Bertz CT molecular complexity index is 1060. The maximum absolute atomic E-state index is 13.0. The Labute approximate surface area is 203 Å². The van der Waals surface area contributed by atoms with Gasteiger partial charge in [-0.15, -0.1) is 0 Å². The predicted molar refractivity (Wildman–Crippen MR) is 127 cm³/mol. The third-order valence-electron chi connectivity index (χ3n) is 5.03. The van der Waals surface area contributed by atoms with Crippen molar-refractivity contribution >= 4 is 35.2 Å². The van der Waals surface area contributed by atoms with Crippen molar-refractivity contribution in [3.63, 3.8) is 0 Å². The Balaban J connectivity index is 2.08. The number of urea groups is 1. The molecule has 0 saturated heterocycles. The molecule has 0 fully saturated rings. The van der Waals surface area contributed by atoms with E-state index in [1.807, 2.05) is 6.92 Å². The van der Waals surface area contributed by atoms with E-state index in [1.165, 1.54) is 7.11 Å². The highest BCUT2D eigenvalue weighted by atomic mass is 35.5. The number of carbonyl (C=O) groups is 2. The summed E-state index contributed by atoms with van der Waals surface area (Å²) in [5.41, 5.74) is 1.93. The number of methoxy groups -OCH3 is 1. The highest BCUT2D eigenvalue weighted by Crippen LogP contribution is 2.40. The van der Waals surface area contributed by atoms with Gasteiger partial charge >= 0.3 is 12.0 Å². The first kappa shape index (κ1) is 24.7. The number of amides is 2. The second-order valence-electron chi connectivity index (χ2n) is 7.60. The molecule has 2 aromatic carbocycles. The average Bonchev–Trinajstić information content (AvgIpc) is 2.77. The van der Waals surface area contributed by atoms with Gasteiger partial charge < -0.3 is 24.8 Å². The zero-order valence-electron chi connectivity index (χ0n) is 18.8. The van der Waals surface area contributed by atoms with Crippen LogP contribution in [-0.4, -0.2) is 25.2 Å². The van der Waals surface area contributed by atoms with Gasteiger partial charge in [-0.3, -0.25) is 0 Å². The molecule has 1 aliphatic rings. The van der Waals surface area contributed by atoms with E-state index in [9.17, 15) is 9.59 Å². The summed E-state index contributed by atoms with van der Waals surface area (Å²) >= 11 is 12.6. The van der Waals surface area contributed by atoms with E-state index in [4.69, 9.17) is 37.4 Å². The summed E-state index contributed by atoms with van der Waals surface area (Å²) in [5.74, 6) is 0.258. The van der Waals surface area contributed by atoms with Crippen LogP contribution in [0.3, 0.4) is 0 Å². The largest absolute Gasteiger partial charge is 0.493 e. The van der Waals surface area contributed by atoms with Gasteiger partial charge in [-0.05, 0) is 38.5 Å². The number of esters is 1. The van der Waals surface area contributed by atoms with Gasteiger partial charge in [-0.2, -0.15) is 0 Å². The summed E-state index contributed by atoms with van der Waals surface area (Å²) in [7, 11) is 1.51. The van der Waals surface area contributed by atoms with Gasteiger partial charge in [0.1, 0.15) is 6.61 Å². The van der Waals surface area contributed by atoms with Crippen LogP contribution < -0.4 is 20.1 Å². The smallest absolute Gasteiger partial charge is 0.338 e. The van der Waals surface area contributed by atoms with Gasteiger partial charge in [-0.25, -0.2) is 9.59 Å². The molecule has 1 heterocycles. The van der Waals surface area contributed by atoms with Crippen molar-refractivity contribution in [3.05, 3.63) is 68.8 Å². The van der Waals surface area contributed by atoms with Crippen molar-refractivity contribution in [2.75, 3.05) is 7.11 Å². The van der Waals surface area contributed by atoms with Crippen LogP contribution in [0.5, 0.6) is 11.5 Å². The first-order chi connectivity index (χ1) is 15.8. The number of hydrogen-bond acceptors (Lipinski definition) is 5. The number of rotatable bonds is 8. The molecule has 0 spiro atoms. The first-order valence-electron chi connectivity index (χ1n) is 10.5. The van der Waals surface area contributed by atoms with Crippen LogP contribution in [0.15, 0.2) is 47.7 Å². The number of carbonyl (C=O) groups excluding carboxylic acids is 2. The third-order valence-corrected chi connectivity index (χ3v) is 5.74. The third kappa shape index (κ3) is 5.54. The molecule has 0 saturated carbocycles. The van der Waals surface area contributed by atoms with Gasteiger partial charge in [0.25, 0.3) is 0 Å². The van der Waals surface area contributed by atoms with E-state index >= 15 is 0 Å². The summed E-state index contributed by atoms with van der Waals surface area (Å²) in [6.45, 7) is 5.44. The lowest BCUT2D eigenvalue weighted by Crippen LogP contribution is -2.46. The molecule has 1 unspecified atom stereocenters. The van der Waals surface area contributed by atoms with Crippen molar-refractivity contribution in [1.29, 1.82) is 0 Å². The van der Waals surface area contributed by atoms with E-state index < -0.39 is 18.0 Å². The molecule has 2 aromatic rings. The number of nitrogens with one attached hydrogen (secondary N) is 2. The number of hydrogen-bond donors (Lipinski definition) is 2. The molecule has 0 aliphatic carbocycles. The molecule has 0 bridgehead atoms. The lowest BCUT2D eigenvalue weighted by molar-refractivity contribution is -0.143. The number of allylic oxidation sites excluding steroid dienone is 1. The molecule has 1 atom stereocenters. The van der Waals surface area contributed by atoms with Crippen LogP contribution in [0, 0.1) is 0 Å². The predicted octanol–water partition coefficient (Wildman–Crippen LogP) is 5.55. The quantitative estimate of drug-likeness (QED) is 0.471. The van der Waals surface area contributed by atoms with Gasteiger partial charge in [0, 0.05) is 26.9 Å². The lowest BCUT2D eigenvalue weighted by Gasteiger charge is -2.31. The topological polar surface area (TPSA) is 85.9 Å². The summed E-state index contributed by atoms with van der Waals surface area (Å²) in [6, 6.07) is 9.20. The molecule has 176 valence electrons. The number of benzene rings is 2. The molecule has 2 amide bonds. The van der Waals surface area contributed by atoms with Crippen LogP contribution >= 0.6 is 23.2 Å². The molecule has 0 radical (unpaired) electrons. The number of ether oxygens (including phenoxy) is 3. The number of para-hydroxylation sites is 1. The minimum atomic E-state index is -0.813. The van der Waals surface area contributed by atoms with E-state index in [-0.39, 0.29) is 12.7 Å². The van der Waals surface area contributed by atoms with Crippen molar-refractivity contribution in [1.82, 2.24) is 10.6 Å². The molecule has 7 nitrogen and oxygen atoms in total. The molecule has 9 heteroatoms. The van der Waals surface area contributed by atoms with Crippen molar-refractivity contribution in [2.45, 2.75) is 45.9 Å². The Morgan fingerprint density at radius 1 is 1.12 bits per heavy atom. The van der Waals surface area contributed by atoms with E-state index in [2.05, 4.69) is 10.6 Å². The van der Waals surface area contributed by atoms with Gasteiger partial charge in [-0.1, -0.05) is 48.3 Å². The fourth-order valence-electron chi connectivity index (χ4n) is 3.54. The summed E-state index contributed by atoms with van der Waals surface area (Å²) in [6.07, 6.45) is 0.103. The molecule has 1 aliphatic heterocycles. The van der Waals surface area contributed by atoms with Crippen molar-refractivity contribution < 1.29 is 23.8 Å². The van der Waals surface area contributed by atoms with Crippen LogP contribution in [0.4, 0.5) is 4.79 Å². The van der Waals surface area contributed by atoms with Crippen molar-refractivity contribution in [2.24, 2.45) is 0 Å². The van der Waals surface area contributed by atoms with Gasteiger partial charge in [0.2, 0.25) is 0 Å². The van der Waals surface area contributed by atoms with Crippen LogP contribution in [0.25, 0.3) is 0 Å². The molecular formula is C24H26Cl2N2O5. The van der Waals surface area contributed by atoms with E-state index in [1.54, 1.807) is 50.2 Å². The highest BCUT2D eigenvalue weighted by molar-refractivity contribution is 6.35. The fraction of sp³-hybridized carbons (Fsp3) is 0.333. The molecule has 0 aromatic heterocycles. The zero-order valence-corrected chi connectivity index (χ0v) is 20.3. The molecular weight excluding hydrogens is 467 g/mol. The monoisotopic (exact) mass is 492 g/mol. The minimum Gasteiger partial charge on any atom is -0.493 e. The Morgan fingerprint density at radius 2 is 1.79 bits per heavy atom.